The molecule has 0 bridgehead atoms. The number of ether oxygens (including phenoxy) is 1. The van der Waals surface area contributed by atoms with Crippen molar-refractivity contribution < 1.29 is 27.1 Å². The minimum Gasteiger partial charge on any atom is -0.469 e. The molecule has 1 aliphatic rings. The SMILES string of the molecule is COC(=O)C1CCN(S(=O)(=O)NC(=O)c2cc3c(F)cccc3s2)CC1. The monoisotopic (exact) mass is 400 g/mol. The molecule has 0 aliphatic carbocycles. The molecule has 7 nitrogen and oxygen atoms in total. The molecule has 1 amide bonds. The molecule has 1 aromatic carbocycles. The van der Waals surface area contributed by atoms with Crippen molar-refractivity contribution in [3.63, 3.8) is 0 Å². The second kappa shape index (κ2) is 7.29. The summed E-state index contributed by atoms with van der Waals surface area (Å²) in [7, 11) is -2.75. The van der Waals surface area contributed by atoms with Gasteiger partial charge in [-0.05, 0) is 31.0 Å². The summed E-state index contributed by atoms with van der Waals surface area (Å²) in [5, 5.41) is 0.277. The summed E-state index contributed by atoms with van der Waals surface area (Å²) < 4.78 is 46.9. The summed E-state index contributed by atoms with van der Waals surface area (Å²) in [6, 6.07) is 5.80. The van der Waals surface area contributed by atoms with E-state index in [2.05, 4.69) is 4.74 Å². The second-order valence-electron chi connectivity index (χ2n) is 5.90. The molecule has 2 heterocycles. The topological polar surface area (TPSA) is 92.8 Å². The summed E-state index contributed by atoms with van der Waals surface area (Å²) in [6.45, 7) is 0.229. The Bertz CT molecular complexity index is 949. The lowest BCUT2D eigenvalue weighted by Crippen LogP contribution is -2.47. The van der Waals surface area contributed by atoms with E-state index in [1.165, 1.54) is 25.3 Å². The van der Waals surface area contributed by atoms with Crippen LogP contribution in [0.4, 0.5) is 4.39 Å². The number of nitrogens with zero attached hydrogens (tertiary/aromatic N) is 1. The first-order chi connectivity index (χ1) is 12.3. The number of methoxy groups -OCH3 is 1. The van der Waals surface area contributed by atoms with E-state index in [1.54, 1.807) is 6.07 Å². The largest absolute Gasteiger partial charge is 0.469 e. The molecular formula is C16H17FN2O5S2. The molecule has 1 aliphatic heterocycles. The Morgan fingerprint density at radius 3 is 2.62 bits per heavy atom. The highest BCUT2D eigenvalue weighted by molar-refractivity contribution is 7.87. The first kappa shape index (κ1) is 18.7. The van der Waals surface area contributed by atoms with E-state index in [9.17, 15) is 22.4 Å². The fourth-order valence-electron chi connectivity index (χ4n) is 2.87. The van der Waals surface area contributed by atoms with Crippen LogP contribution in [0.2, 0.25) is 0 Å². The van der Waals surface area contributed by atoms with E-state index in [0.29, 0.717) is 17.5 Å². The van der Waals surface area contributed by atoms with Crippen LogP contribution >= 0.6 is 11.3 Å². The number of thiophene rings is 1. The van der Waals surface area contributed by atoms with Gasteiger partial charge in [0, 0.05) is 23.2 Å². The van der Waals surface area contributed by atoms with Crippen LogP contribution < -0.4 is 4.72 Å². The molecule has 2 aromatic rings. The van der Waals surface area contributed by atoms with Gasteiger partial charge in [-0.1, -0.05) is 6.07 Å². The Labute approximate surface area is 153 Å². The summed E-state index contributed by atoms with van der Waals surface area (Å²) in [4.78, 5) is 23.9. The number of carbonyl (C=O) groups excluding carboxylic acids is 2. The van der Waals surface area contributed by atoms with Gasteiger partial charge in [-0.25, -0.2) is 9.11 Å². The molecule has 1 fully saturated rings. The Morgan fingerprint density at radius 2 is 2.00 bits per heavy atom. The first-order valence-corrected chi connectivity index (χ1v) is 10.2. The highest BCUT2D eigenvalue weighted by Gasteiger charge is 2.32. The normalized spacial score (nSPS) is 16.5. The number of nitrogens with one attached hydrogen (secondary N) is 1. The van der Waals surface area contributed by atoms with Crippen molar-refractivity contribution in [1.82, 2.24) is 9.03 Å². The highest BCUT2D eigenvalue weighted by Crippen LogP contribution is 2.28. The van der Waals surface area contributed by atoms with E-state index in [1.807, 2.05) is 4.72 Å². The van der Waals surface area contributed by atoms with Gasteiger partial charge >= 0.3 is 16.2 Å². The number of piperidine rings is 1. The van der Waals surface area contributed by atoms with Crippen molar-refractivity contribution in [3.05, 3.63) is 35.0 Å². The van der Waals surface area contributed by atoms with Crippen LogP contribution in [-0.2, 0) is 19.7 Å². The molecule has 0 atom stereocenters. The van der Waals surface area contributed by atoms with Crippen molar-refractivity contribution in [2.75, 3.05) is 20.2 Å². The number of esters is 1. The predicted octanol–water partition coefficient (Wildman–Crippen LogP) is 1.90. The van der Waals surface area contributed by atoms with E-state index in [4.69, 9.17) is 0 Å². The number of hydrogen-bond donors (Lipinski definition) is 1. The lowest BCUT2D eigenvalue weighted by molar-refractivity contribution is -0.146. The van der Waals surface area contributed by atoms with Gasteiger partial charge in [-0.15, -0.1) is 11.3 Å². The molecule has 26 heavy (non-hydrogen) atoms. The van der Waals surface area contributed by atoms with Gasteiger partial charge in [-0.3, -0.25) is 9.59 Å². The molecule has 0 radical (unpaired) electrons. The number of fused-ring (bicyclic) bond motifs is 1. The van der Waals surface area contributed by atoms with Crippen molar-refractivity contribution in [1.29, 1.82) is 0 Å². The van der Waals surface area contributed by atoms with Gasteiger partial charge in [0.2, 0.25) is 0 Å². The van der Waals surface area contributed by atoms with Crippen molar-refractivity contribution in [2.45, 2.75) is 12.8 Å². The predicted molar refractivity (Wildman–Crippen MR) is 94.5 cm³/mol. The maximum Gasteiger partial charge on any atom is 0.308 e. The number of benzene rings is 1. The first-order valence-electron chi connectivity index (χ1n) is 7.90. The zero-order valence-electron chi connectivity index (χ0n) is 13.9. The van der Waals surface area contributed by atoms with Crippen LogP contribution in [0.15, 0.2) is 24.3 Å². The van der Waals surface area contributed by atoms with Crippen LogP contribution in [0.5, 0.6) is 0 Å². The summed E-state index contributed by atoms with van der Waals surface area (Å²) in [5.74, 6) is -1.97. The van der Waals surface area contributed by atoms with E-state index >= 15 is 0 Å². The van der Waals surface area contributed by atoms with E-state index in [0.717, 1.165) is 15.6 Å². The van der Waals surface area contributed by atoms with Crippen LogP contribution in [0, 0.1) is 11.7 Å². The van der Waals surface area contributed by atoms with Gasteiger partial charge in [0.25, 0.3) is 5.91 Å². The van der Waals surface area contributed by atoms with E-state index in [-0.39, 0.29) is 35.2 Å². The summed E-state index contributed by atoms with van der Waals surface area (Å²) in [6.07, 6.45) is 0.658. The third-order valence-corrected chi connectivity index (χ3v) is 6.87. The molecule has 1 N–H and O–H groups in total. The van der Waals surface area contributed by atoms with E-state index < -0.39 is 21.9 Å². The Morgan fingerprint density at radius 1 is 1.31 bits per heavy atom. The number of amides is 1. The van der Waals surface area contributed by atoms with Crippen LogP contribution in [0.3, 0.4) is 0 Å². The molecule has 1 saturated heterocycles. The average molecular weight is 400 g/mol. The third-order valence-electron chi connectivity index (χ3n) is 4.28. The summed E-state index contributed by atoms with van der Waals surface area (Å²) >= 11 is 1.02. The van der Waals surface area contributed by atoms with Crippen LogP contribution in [0.1, 0.15) is 22.5 Å². The fourth-order valence-corrected chi connectivity index (χ4v) is 5.07. The van der Waals surface area contributed by atoms with Crippen molar-refractivity contribution in [3.8, 4) is 0 Å². The quantitative estimate of drug-likeness (QED) is 0.792. The number of carbonyl (C=O) groups is 2. The maximum absolute atomic E-state index is 13.7. The minimum atomic E-state index is -4.04. The summed E-state index contributed by atoms with van der Waals surface area (Å²) in [5.41, 5.74) is 0. The molecule has 0 unspecified atom stereocenters. The number of rotatable bonds is 4. The Kier molecular flexibility index (Phi) is 5.26. The zero-order chi connectivity index (χ0) is 18.9. The van der Waals surface area contributed by atoms with Gasteiger partial charge in [-0.2, -0.15) is 12.7 Å². The maximum atomic E-state index is 13.7. The lowest BCUT2D eigenvalue weighted by Gasteiger charge is -2.29. The average Bonchev–Trinajstić information content (AvgIpc) is 3.07. The molecule has 140 valence electrons. The number of halogens is 1. The standard InChI is InChI=1S/C16H17FN2O5S2/c1-24-16(21)10-5-7-19(8-6-10)26(22,23)18-15(20)14-9-11-12(17)3-2-4-13(11)25-14/h2-4,9-10H,5-8H2,1H3,(H,18,20). The molecule has 1 aromatic heterocycles. The molecular weight excluding hydrogens is 383 g/mol. The molecule has 3 rings (SSSR count). The van der Waals surface area contributed by atoms with Crippen molar-refractivity contribution >= 4 is 43.5 Å². The number of hydrogen-bond acceptors (Lipinski definition) is 6. The Balaban J connectivity index is 1.70. The van der Waals surface area contributed by atoms with Crippen LogP contribution in [0.25, 0.3) is 10.1 Å². The van der Waals surface area contributed by atoms with Crippen LogP contribution in [-0.4, -0.2) is 44.8 Å². The lowest BCUT2D eigenvalue weighted by atomic mass is 9.99. The van der Waals surface area contributed by atoms with Crippen molar-refractivity contribution in [2.24, 2.45) is 5.92 Å². The molecule has 10 heteroatoms. The van der Waals surface area contributed by atoms with Gasteiger partial charge in [0.15, 0.2) is 0 Å². The fraction of sp³-hybridized carbons (Fsp3) is 0.375. The zero-order valence-corrected chi connectivity index (χ0v) is 15.5. The molecule has 0 saturated carbocycles. The second-order valence-corrected chi connectivity index (χ2v) is 8.65. The molecule has 0 spiro atoms. The highest BCUT2D eigenvalue weighted by atomic mass is 32.2. The van der Waals surface area contributed by atoms with Gasteiger partial charge < -0.3 is 4.74 Å². The van der Waals surface area contributed by atoms with Gasteiger partial charge in [0.05, 0.1) is 17.9 Å². The third kappa shape index (κ3) is 3.71. The van der Waals surface area contributed by atoms with Gasteiger partial charge in [0.1, 0.15) is 5.82 Å². The minimum absolute atomic E-state index is 0.109. The Hall–Kier alpha value is -2.04. The smallest absolute Gasteiger partial charge is 0.308 e.